The van der Waals surface area contributed by atoms with E-state index in [0.29, 0.717) is 6.54 Å². The summed E-state index contributed by atoms with van der Waals surface area (Å²) in [4.78, 5) is 9.80. The molecule has 0 aliphatic rings. The predicted octanol–water partition coefficient (Wildman–Crippen LogP) is 1.84. The molecule has 0 aliphatic heterocycles. The minimum Gasteiger partial charge on any atom is -0.744 e. The van der Waals surface area contributed by atoms with Crippen molar-refractivity contribution in [2.24, 2.45) is 0 Å². The van der Waals surface area contributed by atoms with E-state index in [1.807, 2.05) is 0 Å². The molecular weight excluding hydrogens is 379 g/mol. The Kier molecular flexibility index (Phi) is 14.0. The topological polar surface area (TPSA) is 112 Å². The fourth-order valence-corrected chi connectivity index (χ4v) is 3.29. The van der Waals surface area contributed by atoms with Gasteiger partial charge in [0.2, 0.25) is 0 Å². The number of nitrogens with zero attached hydrogens (tertiary/aromatic N) is 1. The van der Waals surface area contributed by atoms with Gasteiger partial charge in [-0.2, -0.15) is 0 Å². The van der Waals surface area contributed by atoms with Gasteiger partial charge in [-0.05, 0) is 18.6 Å². The van der Waals surface area contributed by atoms with Gasteiger partial charge < -0.3 is 9.87 Å². The van der Waals surface area contributed by atoms with E-state index in [9.17, 15) is 23.1 Å². The second-order valence-corrected chi connectivity index (χ2v) is 7.88. The minimum absolute atomic E-state index is 0. The standard InChI is InChI=1S/C18H30N2O5S.Na/c1-2-3-4-5-6-7-8-9-10-11-14-19-17-13-12-16(26(23,24)25)15-18(17)20(21)22;/h12-13,15,19H,2-11,14H2,1H3,(H,23,24,25);/q;+1/p-1. The number of nitrogens with one attached hydrogen (secondary N) is 1. The van der Waals surface area contributed by atoms with Gasteiger partial charge in [0.15, 0.2) is 0 Å². The number of rotatable bonds is 14. The largest absolute Gasteiger partial charge is 1.00 e. The number of nitro benzene ring substituents is 1. The van der Waals surface area contributed by atoms with Crippen molar-refractivity contribution in [2.75, 3.05) is 11.9 Å². The minimum atomic E-state index is -4.70. The van der Waals surface area contributed by atoms with Crippen molar-refractivity contribution in [2.45, 2.75) is 76.0 Å². The maximum Gasteiger partial charge on any atom is 1.00 e. The van der Waals surface area contributed by atoms with Gasteiger partial charge in [-0.1, -0.05) is 64.7 Å². The Balaban J connectivity index is 0.00000676. The normalized spacial score (nSPS) is 11.0. The molecule has 0 heterocycles. The number of hydrogen-bond acceptors (Lipinski definition) is 6. The molecule has 0 saturated heterocycles. The van der Waals surface area contributed by atoms with Crippen LogP contribution in [0.2, 0.25) is 0 Å². The molecule has 0 fully saturated rings. The van der Waals surface area contributed by atoms with Gasteiger partial charge in [0.25, 0.3) is 5.69 Å². The molecule has 0 aromatic heterocycles. The van der Waals surface area contributed by atoms with E-state index >= 15 is 0 Å². The summed E-state index contributed by atoms with van der Waals surface area (Å²) in [7, 11) is -4.70. The predicted molar refractivity (Wildman–Crippen MR) is 101 cm³/mol. The van der Waals surface area contributed by atoms with E-state index in [0.717, 1.165) is 31.4 Å². The summed E-state index contributed by atoms with van der Waals surface area (Å²) in [5, 5.41) is 14.0. The van der Waals surface area contributed by atoms with Gasteiger partial charge in [0.05, 0.1) is 9.82 Å². The van der Waals surface area contributed by atoms with Crippen LogP contribution in [0.1, 0.15) is 71.1 Å². The Bertz CT molecular complexity index is 668. The van der Waals surface area contributed by atoms with E-state index in [2.05, 4.69) is 12.2 Å². The van der Waals surface area contributed by atoms with E-state index in [4.69, 9.17) is 0 Å². The quantitative estimate of drug-likeness (QED) is 0.165. The average molecular weight is 408 g/mol. The third-order valence-electron chi connectivity index (χ3n) is 4.30. The first-order valence-corrected chi connectivity index (χ1v) is 10.7. The van der Waals surface area contributed by atoms with Crippen molar-refractivity contribution >= 4 is 21.5 Å². The molecule has 0 bridgehead atoms. The van der Waals surface area contributed by atoms with Crippen molar-refractivity contribution in [3.8, 4) is 0 Å². The summed E-state index contributed by atoms with van der Waals surface area (Å²) >= 11 is 0. The van der Waals surface area contributed by atoms with Gasteiger partial charge in [-0.15, -0.1) is 0 Å². The molecule has 27 heavy (non-hydrogen) atoms. The summed E-state index contributed by atoms with van der Waals surface area (Å²) in [5.41, 5.74) is -0.160. The first-order chi connectivity index (χ1) is 12.4. The first-order valence-electron chi connectivity index (χ1n) is 9.34. The van der Waals surface area contributed by atoms with Gasteiger partial charge >= 0.3 is 29.6 Å². The third-order valence-corrected chi connectivity index (χ3v) is 5.13. The van der Waals surface area contributed by atoms with E-state index in [-0.39, 0.29) is 35.2 Å². The van der Waals surface area contributed by atoms with Crippen LogP contribution in [0.5, 0.6) is 0 Å². The van der Waals surface area contributed by atoms with Crippen LogP contribution in [0.15, 0.2) is 23.1 Å². The SMILES string of the molecule is CCCCCCCCCCCCNc1ccc(S(=O)(=O)[O-])cc1[N+](=O)[O-].[Na+]. The maximum atomic E-state index is 11.1. The molecule has 0 spiro atoms. The molecule has 0 atom stereocenters. The van der Waals surface area contributed by atoms with Crippen molar-refractivity contribution in [1.82, 2.24) is 0 Å². The van der Waals surface area contributed by atoms with Crippen LogP contribution in [-0.4, -0.2) is 24.4 Å². The fourth-order valence-electron chi connectivity index (χ4n) is 2.80. The summed E-state index contributed by atoms with van der Waals surface area (Å²) in [6.45, 7) is 2.78. The molecule has 148 valence electrons. The number of benzene rings is 1. The van der Waals surface area contributed by atoms with Gasteiger partial charge in [0.1, 0.15) is 15.8 Å². The maximum absolute atomic E-state index is 11.1. The molecule has 1 aromatic carbocycles. The van der Waals surface area contributed by atoms with Crippen LogP contribution < -0.4 is 34.9 Å². The Morgan fingerprint density at radius 3 is 1.96 bits per heavy atom. The summed E-state index contributed by atoms with van der Waals surface area (Å²) < 4.78 is 32.9. The number of nitro groups is 1. The van der Waals surface area contributed by atoms with Crippen molar-refractivity contribution in [3.63, 3.8) is 0 Å². The zero-order valence-electron chi connectivity index (χ0n) is 16.4. The van der Waals surface area contributed by atoms with Crippen molar-refractivity contribution < 1.29 is 47.5 Å². The van der Waals surface area contributed by atoms with Crippen LogP contribution >= 0.6 is 0 Å². The van der Waals surface area contributed by atoms with Crippen molar-refractivity contribution in [3.05, 3.63) is 28.3 Å². The number of unbranched alkanes of at least 4 members (excludes halogenated alkanes) is 9. The molecule has 0 unspecified atom stereocenters. The number of hydrogen-bond donors (Lipinski definition) is 1. The van der Waals surface area contributed by atoms with Crippen LogP contribution in [0.4, 0.5) is 11.4 Å². The van der Waals surface area contributed by atoms with Crippen molar-refractivity contribution in [1.29, 1.82) is 0 Å². The van der Waals surface area contributed by atoms with Gasteiger partial charge in [-0.25, -0.2) is 8.42 Å². The van der Waals surface area contributed by atoms with E-state index in [1.54, 1.807) is 0 Å². The molecular formula is C18H29N2NaO5S. The second-order valence-electron chi connectivity index (χ2n) is 6.50. The van der Waals surface area contributed by atoms with E-state index < -0.39 is 25.6 Å². The summed E-state index contributed by atoms with van der Waals surface area (Å²) in [6.07, 6.45) is 12.1. The Morgan fingerprint density at radius 2 is 1.48 bits per heavy atom. The summed E-state index contributed by atoms with van der Waals surface area (Å²) in [5.74, 6) is 0. The zero-order valence-corrected chi connectivity index (χ0v) is 19.2. The smallest absolute Gasteiger partial charge is 0.744 e. The van der Waals surface area contributed by atoms with Gasteiger partial charge in [0, 0.05) is 12.6 Å². The molecule has 1 rings (SSSR count). The first kappa shape index (κ1) is 26.3. The Labute approximate surface area is 184 Å². The molecule has 0 amide bonds. The average Bonchev–Trinajstić information content (AvgIpc) is 2.58. The Hall–Kier alpha value is -0.670. The molecule has 1 N–H and O–H groups in total. The monoisotopic (exact) mass is 408 g/mol. The molecule has 7 nitrogen and oxygen atoms in total. The summed E-state index contributed by atoms with van der Waals surface area (Å²) in [6, 6.07) is 3.18. The molecule has 0 saturated carbocycles. The molecule has 9 heteroatoms. The second kappa shape index (κ2) is 14.3. The van der Waals surface area contributed by atoms with Crippen LogP contribution in [0.3, 0.4) is 0 Å². The fraction of sp³-hybridized carbons (Fsp3) is 0.667. The third kappa shape index (κ3) is 11.0. The molecule has 1 aromatic rings. The molecule has 0 aliphatic carbocycles. The van der Waals surface area contributed by atoms with Crippen LogP contribution in [-0.2, 0) is 10.1 Å². The number of anilines is 1. The zero-order chi connectivity index (χ0) is 19.4. The van der Waals surface area contributed by atoms with Crippen LogP contribution in [0, 0.1) is 10.1 Å². The van der Waals surface area contributed by atoms with Crippen LogP contribution in [0.25, 0.3) is 0 Å². The molecule has 0 radical (unpaired) electrons. The Morgan fingerprint density at radius 1 is 0.963 bits per heavy atom. The van der Waals surface area contributed by atoms with E-state index in [1.165, 1.54) is 51.0 Å². The van der Waals surface area contributed by atoms with Gasteiger partial charge in [-0.3, -0.25) is 10.1 Å².